The van der Waals surface area contributed by atoms with Gasteiger partial charge in [-0.1, -0.05) is 11.6 Å². The number of nitro groups is 1. The number of piperidine rings is 1. The van der Waals surface area contributed by atoms with Crippen LogP contribution in [0.4, 0.5) is 17.1 Å². The number of nitrogens with zero attached hydrogens (tertiary/aromatic N) is 4. The van der Waals surface area contributed by atoms with Crippen molar-refractivity contribution in [3.8, 4) is 0 Å². The van der Waals surface area contributed by atoms with Crippen molar-refractivity contribution < 1.29 is 14.5 Å². The van der Waals surface area contributed by atoms with Gasteiger partial charge < -0.3 is 15.0 Å². The fourth-order valence-corrected chi connectivity index (χ4v) is 3.46. The summed E-state index contributed by atoms with van der Waals surface area (Å²) >= 11 is 6.14. The number of aromatic nitrogens is 2. The summed E-state index contributed by atoms with van der Waals surface area (Å²) < 4.78 is 6.36. The van der Waals surface area contributed by atoms with Gasteiger partial charge in [-0.25, -0.2) is 4.79 Å². The highest BCUT2D eigenvalue weighted by atomic mass is 35.5. The highest BCUT2D eigenvalue weighted by Gasteiger charge is 2.26. The lowest BCUT2D eigenvalue weighted by Gasteiger charge is -2.34. The fourth-order valence-electron chi connectivity index (χ4n) is 3.22. The molecular formula is C17H20ClN5O4. The minimum absolute atomic E-state index is 0.00213. The van der Waals surface area contributed by atoms with Crippen LogP contribution in [0.2, 0.25) is 5.02 Å². The maximum Gasteiger partial charge on any atom is 0.339 e. The van der Waals surface area contributed by atoms with E-state index in [2.05, 4.69) is 20.1 Å². The Bertz CT molecular complexity index is 869. The molecule has 0 spiro atoms. The summed E-state index contributed by atoms with van der Waals surface area (Å²) in [5.41, 5.74) is 1.06. The maximum atomic E-state index is 11.7. The van der Waals surface area contributed by atoms with Gasteiger partial charge in [0.15, 0.2) is 0 Å². The summed E-state index contributed by atoms with van der Waals surface area (Å²) in [5.74, 6) is -0.713. The van der Waals surface area contributed by atoms with Gasteiger partial charge >= 0.3 is 5.97 Å². The molecule has 0 radical (unpaired) electrons. The van der Waals surface area contributed by atoms with Crippen molar-refractivity contribution in [2.24, 2.45) is 7.05 Å². The predicted molar refractivity (Wildman–Crippen MR) is 102 cm³/mol. The number of hydrogen-bond acceptors (Lipinski definition) is 7. The van der Waals surface area contributed by atoms with E-state index in [1.807, 2.05) is 13.2 Å². The van der Waals surface area contributed by atoms with Gasteiger partial charge in [0.05, 0.1) is 34.5 Å². The highest BCUT2D eigenvalue weighted by Crippen LogP contribution is 2.33. The van der Waals surface area contributed by atoms with Gasteiger partial charge in [-0.05, 0) is 18.9 Å². The first-order valence-electron chi connectivity index (χ1n) is 8.45. The molecule has 0 amide bonds. The largest absolute Gasteiger partial charge is 0.465 e. The zero-order valence-electron chi connectivity index (χ0n) is 15.0. The van der Waals surface area contributed by atoms with Gasteiger partial charge in [0.25, 0.3) is 5.69 Å². The first kappa shape index (κ1) is 19.0. The minimum atomic E-state index is -0.713. The molecular weight excluding hydrogens is 374 g/mol. The molecule has 27 heavy (non-hydrogen) atoms. The molecule has 1 aromatic carbocycles. The second-order valence-corrected chi connectivity index (χ2v) is 6.81. The third-order valence-electron chi connectivity index (χ3n) is 4.52. The third-order valence-corrected chi connectivity index (χ3v) is 4.84. The first-order chi connectivity index (χ1) is 12.9. The number of nitrogens with one attached hydrogen (secondary N) is 1. The van der Waals surface area contributed by atoms with Gasteiger partial charge in [-0.3, -0.25) is 14.8 Å². The van der Waals surface area contributed by atoms with Crippen LogP contribution < -0.4 is 10.2 Å². The molecule has 3 rings (SSSR count). The number of nitro benzene ring substituents is 1. The van der Waals surface area contributed by atoms with Gasteiger partial charge in [-0.2, -0.15) is 5.10 Å². The monoisotopic (exact) mass is 393 g/mol. The molecule has 1 aliphatic rings. The second-order valence-electron chi connectivity index (χ2n) is 6.40. The number of carbonyl (C=O) groups is 1. The SMILES string of the molecule is COC(=O)c1cc([N+](=O)[O-])c(NC2CCCN(c3cnn(C)c3)C2)cc1Cl. The second kappa shape index (κ2) is 7.83. The molecule has 1 unspecified atom stereocenters. The number of anilines is 2. The van der Waals surface area contributed by atoms with Crippen LogP contribution in [0, 0.1) is 10.1 Å². The first-order valence-corrected chi connectivity index (χ1v) is 8.83. The Morgan fingerprint density at radius 1 is 1.48 bits per heavy atom. The normalized spacial score (nSPS) is 16.9. The van der Waals surface area contributed by atoms with Crippen molar-refractivity contribution in [3.63, 3.8) is 0 Å². The third kappa shape index (κ3) is 4.13. The Morgan fingerprint density at radius 3 is 2.89 bits per heavy atom. The summed E-state index contributed by atoms with van der Waals surface area (Å²) in [6, 6.07) is 2.56. The fraction of sp³-hybridized carbons (Fsp3) is 0.412. The van der Waals surface area contributed by atoms with E-state index in [-0.39, 0.29) is 28.0 Å². The zero-order valence-corrected chi connectivity index (χ0v) is 15.8. The minimum Gasteiger partial charge on any atom is -0.465 e. The Hall–Kier alpha value is -2.81. The van der Waals surface area contributed by atoms with E-state index in [9.17, 15) is 14.9 Å². The van der Waals surface area contributed by atoms with Crippen LogP contribution in [-0.2, 0) is 11.8 Å². The number of carbonyl (C=O) groups excluding carboxylic acids is 1. The number of halogens is 1. The van der Waals surface area contributed by atoms with Crippen LogP contribution in [0.1, 0.15) is 23.2 Å². The van der Waals surface area contributed by atoms with E-state index >= 15 is 0 Å². The molecule has 1 saturated heterocycles. The van der Waals surface area contributed by atoms with E-state index < -0.39 is 10.9 Å². The molecule has 9 nitrogen and oxygen atoms in total. The van der Waals surface area contributed by atoms with E-state index in [4.69, 9.17) is 11.6 Å². The predicted octanol–water partition coefficient (Wildman–Crippen LogP) is 2.85. The van der Waals surface area contributed by atoms with Crippen LogP contribution >= 0.6 is 11.6 Å². The molecule has 144 valence electrons. The van der Waals surface area contributed by atoms with E-state index in [0.29, 0.717) is 6.54 Å². The molecule has 1 fully saturated rings. The van der Waals surface area contributed by atoms with Gasteiger partial charge in [0.1, 0.15) is 5.69 Å². The molecule has 2 aromatic rings. The number of rotatable bonds is 5. The number of aryl methyl sites for hydroxylation is 1. The van der Waals surface area contributed by atoms with Crippen molar-refractivity contribution >= 4 is 34.6 Å². The number of methoxy groups -OCH3 is 1. The lowest BCUT2D eigenvalue weighted by atomic mass is 10.0. The van der Waals surface area contributed by atoms with Crippen molar-refractivity contribution in [2.45, 2.75) is 18.9 Å². The average Bonchev–Trinajstić information content (AvgIpc) is 3.07. The zero-order chi connectivity index (χ0) is 19.6. The maximum absolute atomic E-state index is 11.7. The highest BCUT2D eigenvalue weighted by molar-refractivity contribution is 6.34. The van der Waals surface area contributed by atoms with E-state index in [0.717, 1.165) is 31.1 Å². The molecule has 2 heterocycles. The van der Waals surface area contributed by atoms with Gasteiger partial charge in [-0.15, -0.1) is 0 Å². The Kier molecular flexibility index (Phi) is 5.50. The van der Waals surface area contributed by atoms with Crippen LogP contribution in [-0.4, -0.2) is 46.9 Å². The number of hydrogen-bond donors (Lipinski definition) is 1. The lowest BCUT2D eigenvalue weighted by molar-refractivity contribution is -0.384. The van der Waals surface area contributed by atoms with Crippen molar-refractivity contribution in [3.05, 3.63) is 45.2 Å². The molecule has 1 aromatic heterocycles. The van der Waals surface area contributed by atoms with Crippen LogP contribution in [0.15, 0.2) is 24.5 Å². The molecule has 1 N–H and O–H groups in total. The van der Waals surface area contributed by atoms with Crippen molar-refractivity contribution in [1.29, 1.82) is 0 Å². The number of benzene rings is 1. The number of esters is 1. The van der Waals surface area contributed by atoms with Crippen LogP contribution in [0.25, 0.3) is 0 Å². The topological polar surface area (TPSA) is 103 Å². The lowest BCUT2D eigenvalue weighted by Crippen LogP contribution is -2.42. The van der Waals surface area contributed by atoms with Crippen LogP contribution in [0.5, 0.6) is 0 Å². The molecule has 1 aliphatic heterocycles. The van der Waals surface area contributed by atoms with Gasteiger partial charge in [0.2, 0.25) is 0 Å². The van der Waals surface area contributed by atoms with Crippen molar-refractivity contribution in [2.75, 3.05) is 30.4 Å². The van der Waals surface area contributed by atoms with E-state index in [1.165, 1.54) is 13.2 Å². The summed E-state index contributed by atoms with van der Waals surface area (Å²) in [7, 11) is 3.06. The standard InChI is InChI=1S/C17H20ClN5O4/c1-21-10-12(8-19-21)22-5-3-4-11(9-22)20-15-7-14(18)13(17(24)27-2)6-16(15)23(25)26/h6-8,10-11,20H,3-5,9H2,1-2H3. The smallest absolute Gasteiger partial charge is 0.339 e. The Balaban J connectivity index is 1.82. The number of ether oxygens (including phenoxy) is 1. The molecule has 0 saturated carbocycles. The average molecular weight is 394 g/mol. The summed E-state index contributed by atoms with van der Waals surface area (Å²) in [5, 5.41) is 19.0. The molecule has 0 bridgehead atoms. The van der Waals surface area contributed by atoms with Gasteiger partial charge in [0, 0.05) is 38.4 Å². The summed E-state index contributed by atoms with van der Waals surface area (Å²) in [6.07, 6.45) is 5.54. The Labute approximate surface area is 161 Å². The van der Waals surface area contributed by atoms with Crippen molar-refractivity contribution in [1.82, 2.24) is 9.78 Å². The molecule has 1 atom stereocenters. The summed E-state index contributed by atoms with van der Waals surface area (Å²) in [4.78, 5) is 24.9. The molecule has 10 heteroatoms. The summed E-state index contributed by atoms with van der Waals surface area (Å²) in [6.45, 7) is 1.58. The molecule has 0 aliphatic carbocycles. The van der Waals surface area contributed by atoms with E-state index in [1.54, 1.807) is 10.9 Å². The Morgan fingerprint density at radius 2 is 2.26 bits per heavy atom. The quantitative estimate of drug-likeness (QED) is 0.473. The van der Waals surface area contributed by atoms with Crippen LogP contribution in [0.3, 0.4) is 0 Å².